The number of aryl methyl sites for hydroxylation is 2. The van der Waals surface area contributed by atoms with Gasteiger partial charge in [-0.2, -0.15) is 0 Å². The van der Waals surface area contributed by atoms with Gasteiger partial charge in [0.25, 0.3) is 0 Å². The molecule has 12 heteroatoms. The van der Waals surface area contributed by atoms with Crippen LogP contribution in [-0.4, -0.2) is 47.0 Å². The zero-order chi connectivity index (χ0) is 46.7. The summed E-state index contributed by atoms with van der Waals surface area (Å²) < 4.78 is 32.1. The SMILES string of the molecule is CCOC(=O)c1cccc(-n2c(C)ccc2-c2cc(Cl)ccc2OCc2ccc(OC)cc2)c1.COc1ccc(COc2ccc(Cl)cc2-c2ccc(C)n2-c2cccc(C(=O)O)c2)cc1. The fraction of sp³-hybridized carbons (Fsp3) is 0.148. The maximum Gasteiger partial charge on any atom is 0.338 e. The van der Waals surface area contributed by atoms with Crippen molar-refractivity contribution in [1.82, 2.24) is 9.13 Å². The predicted molar refractivity (Wildman–Crippen MR) is 259 cm³/mol. The Morgan fingerprint density at radius 1 is 0.545 bits per heavy atom. The van der Waals surface area contributed by atoms with Crippen LogP contribution < -0.4 is 18.9 Å². The Labute approximate surface area is 394 Å². The molecule has 0 spiro atoms. The van der Waals surface area contributed by atoms with Gasteiger partial charge in [-0.25, -0.2) is 9.59 Å². The summed E-state index contributed by atoms with van der Waals surface area (Å²) >= 11 is 12.7. The summed E-state index contributed by atoms with van der Waals surface area (Å²) in [5.74, 6) is 1.67. The third kappa shape index (κ3) is 11.1. The van der Waals surface area contributed by atoms with Crippen molar-refractivity contribution in [2.45, 2.75) is 34.0 Å². The monoisotopic (exact) mass is 922 g/mol. The predicted octanol–water partition coefficient (Wildman–Crippen LogP) is 13.3. The van der Waals surface area contributed by atoms with Crippen molar-refractivity contribution in [2.24, 2.45) is 0 Å². The van der Waals surface area contributed by atoms with E-state index < -0.39 is 5.97 Å². The minimum Gasteiger partial charge on any atom is -0.497 e. The lowest BCUT2D eigenvalue weighted by molar-refractivity contribution is 0.0525. The van der Waals surface area contributed by atoms with Gasteiger partial charge in [0.05, 0.1) is 43.3 Å². The molecular weight excluding hydrogens is 876 g/mol. The second-order valence-corrected chi connectivity index (χ2v) is 15.9. The molecule has 336 valence electrons. The fourth-order valence-corrected chi connectivity index (χ4v) is 7.71. The zero-order valence-corrected chi connectivity index (χ0v) is 38.6. The molecule has 0 bridgehead atoms. The number of halogens is 2. The molecule has 0 aliphatic carbocycles. The highest BCUT2D eigenvalue weighted by molar-refractivity contribution is 6.31. The van der Waals surface area contributed by atoms with E-state index in [1.807, 2.05) is 146 Å². The summed E-state index contributed by atoms with van der Waals surface area (Å²) in [4.78, 5) is 23.8. The van der Waals surface area contributed by atoms with Crippen LogP contribution in [0.2, 0.25) is 10.0 Å². The molecule has 10 nitrogen and oxygen atoms in total. The van der Waals surface area contributed by atoms with Crippen LogP contribution in [0, 0.1) is 13.8 Å². The third-order valence-electron chi connectivity index (χ3n) is 10.7. The molecule has 0 radical (unpaired) electrons. The van der Waals surface area contributed by atoms with Crippen molar-refractivity contribution < 1.29 is 38.4 Å². The number of carboxylic acid groups (broad SMARTS) is 1. The van der Waals surface area contributed by atoms with E-state index in [1.165, 1.54) is 0 Å². The van der Waals surface area contributed by atoms with Gasteiger partial charge in [0.2, 0.25) is 0 Å². The highest BCUT2D eigenvalue weighted by Gasteiger charge is 2.18. The average Bonchev–Trinajstić information content (AvgIpc) is 3.93. The van der Waals surface area contributed by atoms with Crippen LogP contribution in [0.3, 0.4) is 0 Å². The molecule has 66 heavy (non-hydrogen) atoms. The minimum atomic E-state index is -0.968. The number of esters is 1. The second kappa shape index (κ2) is 21.5. The number of aromatic carboxylic acids is 1. The lowest BCUT2D eigenvalue weighted by Gasteiger charge is -2.17. The molecule has 2 aromatic heterocycles. The molecule has 0 unspecified atom stereocenters. The van der Waals surface area contributed by atoms with Crippen molar-refractivity contribution in [3.05, 3.63) is 201 Å². The summed E-state index contributed by atoms with van der Waals surface area (Å²) in [5.41, 5.74) is 9.78. The van der Waals surface area contributed by atoms with Gasteiger partial charge in [0, 0.05) is 43.9 Å². The third-order valence-corrected chi connectivity index (χ3v) is 11.1. The maximum atomic E-state index is 12.3. The van der Waals surface area contributed by atoms with Crippen molar-refractivity contribution in [2.75, 3.05) is 20.8 Å². The lowest BCUT2D eigenvalue weighted by atomic mass is 10.1. The van der Waals surface area contributed by atoms with Gasteiger partial charge in [-0.3, -0.25) is 0 Å². The number of carbonyl (C=O) groups excluding carboxylic acids is 1. The molecule has 0 saturated carbocycles. The Balaban J connectivity index is 0.000000197. The summed E-state index contributed by atoms with van der Waals surface area (Å²) in [6.45, 7) is 6.89. The molecule has 2 heterocycles. The van der Waals surface area contributed by atoms with Gasteiger partial charge in [-0.1, -0.05) is 59.6 Å². The number of hydrogen-bond donors (Lipinski definition) is 1. The average molecular weight is 924 g/mol. The number of rotatable bonds is 15. The first-order chi connectivity index (χ1) is 32.0. The quantitative estimate of drug-likeness (QED) is 0.101. The van der Waals surface area contributed by atoms with E-state index in [4.69, 9.17) is 46.9 Å². The first kappa shape index (κ1) is 46.6. The molecular formula is C54H48Cl2N2O8. The molecule has 0 saturated heterocycles. The molecule has 8 rings (SSSR count). The largest absolute Gasteiger partial charge is 0.497 e. The van der Waals surface area contributed by atoms with Gasteiger partial charge < -0.3 is 37.9 Å². The van der Waals surface area contributed by atoms with Crippen LogP contribution in [0.5, 0.6) is 23.0 Å². The molecule has 0 fully saturated rings. The van der Waals surface area contributed by atoms with E-state index in [0.29, 0.717) is 46.9 Å². The number of ether oxygens (including phenoxy) is 5. The van der Waals surface area contributed by atoms with Gasteiger partial charge in [0.1, 0.15) is 36.2 Å². The Kier molecular flexibility index (Phi) is 15.2. The van der Waals surface area contributed by atoms with Crippen LogP contribution in [0.25, 0.3) is 33.9 Å². The highest BCUT2D eigenvalue weighted by Crippen LogP contribution is 2.38. The molecule has 0 aliphatic rings. The van der Waals surface area contributed by atoms with Crippen LogP contribution >= 0.6 is 23.2 Å². The van der Waals surface area contributed by atoms with E-state index in [-0.39, 0.29) is 11.5 Å². The van der Waals surface area contributed by atoms with Crippen molar-refractivity contribution in [3.63, 3.8) is 0 Å². The van der Waals surface area contributed by atoms with E-state index in [0.717, 1.165) is 67.9 Å². The standard InChI is InChI=1S/C28H26ClNO4.C26H22ClNO4/c1-4-33-28(31)21-6-5-7-23(16-21)30-19(2)8-14-26(30)25-17-22(29)11-15-27(25)34-18-20-9-12-24(32-3)13-10-20;1-17-6-12-24(28(17)21-5-3-4-19(14-21)26(29)30)23-15-20(27)9-13-25(23)32-16-18-7-10-22(31-2)11-8-18/h5-17H,4,18H2,1-3H3;3-15H,16H2,1-2H3,(H,29,30). The number of nitrogens with zero attached hydrogens (tertiary/aromatic N) is 2. The van der Waals surface area contributed by atoms with Gasteiger partial charge in [-0.15, -0.1) is 0 Å². The normalized spacial score (nSPS) is 10.7. The highest BCUT2D eigenvalue weighted by atomic mass is 35.5. The molecule has 1 N–H and O–H groups in total. The van der Waals surface area contributed by atoms with Gasteiger partial charge >= 0.3 is 11.9 Å². The zero-order valence-electron chi connectivity index (χ0n) is 37.1. The van der Waals surface area contributed by atoms with Crippen molar-refractivity contribution in [3.8, 4) is 56.9 Å². The number of methoxy groups -OCH3 is 2. The summed E-state index contributed by atoms with van der Waals surface area (Å²) in [6, 6.07) is 48.8. The first-order valence-corrected chi connectivity index (χ1v) is 21.8. The Hall–Kier alpha value is -7.40. The van der Waals surface area contributed by atoms with Crippen molar-refractivity contribution in [1.29, 1.82) is 0 Å². The number of carbonyl (C=O) groups is 2. The first-order valence-electron chi connectivity index (χ1n) is 21.1. The number of aromatic nitrogens is 2. The number of carboxylic acids is 1. The topological polar surface area (TPSA) is 110 Å². The lowest BCUT2D eigenvalue weighted by Crippen LogP contribution is -2.07. The summed E-state index contributed by atoms with van der Waals surface area (Å²) in [5, 5.41) is 10.6. The summed E-state index contributed by atoms with van der Waals surface area (Å²) in [7, 11) is 3.28. The fourth-order valence-electron chi connectivity index (χ4n) is 7.37. The second-order valence-electron chi connectivity index (χ2n) is 15.1. The van der Waals surface area contributed by atoms with Crippen LogP contribution in [0.4, 0.5) is 0 Å². The molecule has 8 aromatic rings. The van der Waals surface area contributed by atoms with Crippen LogP contribution in [0.1, 0.15) is 50.2 Å². The van der Waals surface area contributed by atoms with E-state index in [2.05, 4.69) is 4.57 Å². The Bertz CT molecular complexity index is 2960. The maximum absolute atomic E-state index is 12.3. The van der Waals surface area contributed by atoms with E-state index in [9.17, 15) is 14.7 Å². The molecule has 0 aliphatic heterocycles. The molecule has 0 amide bonds. The van der Waals surface area contributed by atoms with Gasteiger partial charge in [0.15, 0.2) is 0 Å². The number of benzene rings is 6. The Morgan fingerprint density at radius 3 is 1.41 bits per heavy atom. The minimum absolute atomic E-state index is 0.226. The van der Waals surface area contributed by atoms with E-state index in [1.54, 1.807) is 51.5 Å². The molecule has 6 aromatic carbocycles. The summed E-state index contributed by atoms with van der Waals surface area (Å²) in [6.07, 6.45) is 0. The van der Waals surface area contributed by atoms with Crippen LogP contribution in [-0.2, 0) is 18.0 Å². The smallest absolute Gasteiger partial charge is 0.338 e. The van der Waals surface area contributed by atoms with Crippen LogP contribution in [0.15, 0.2) is 158 Å². The van der Waals surface area contributed by atoms with Gasteiger partial charge in [-0.05, 0) is 153 Å². The number of hydrogen-bond acceptors (Lipinski definition) is 7. The Morgan fingerprint density at radius 2 is 0.985 bits per heavy atom. The molecule has 0 atom stereocenters. The van der Waals surface area contributed by atoms with Crippen molar-refractivity contribution >= 4 is 35.1 Å². The van der Waals surface area contributed by atoms with E-state index >= 15 is 0 Å².